The number of rotatable bonds is 7. The van der Waals surface area contributed by atoms with Gasteiger partial charge in [0.1, 0.15) is 0 Å². The molecule has 0 unspecified atom stereocenters. The highest BCUT2D eigenvalue weighted by Gasteiger charge is 2.20. The van der Waals surface area contributed by atoms with Gasteiger partial charge in [0, 0.05) is 5.56 Å². The lowest BCUT2D eigenvalue weighted by atomic mass is 10.1. The predicted octanol–water partition coefficient (Wildman–Crippen LogP) is 0.269. The number of ether oxygens (including phenoxy) is 2. The summed E-state index contributed by atoms with van der Waals surface area (Å²) in [6.45, 7) is 1.50. The Balaban J connectivity index is 2.93. The topological polar surface area (TPSA) is 105 Å². The third-order valence-corrected chi connectivity index (χ3v) is 2.51. The molecule has 1 aromatic carbocycles. The van der Waals surface area contributed by atoms with E-state index in [2.05, 4.69) is 5.32 Å². The second-order valence-corrected chi connectivity index (χ2v) is 3.85. The molecule has 1 aromatic rings. The van der Waals surface area contributed by atoms with Crippen LogP contribution in [0, 0.1) is 0 Å². The SMILES string of the molecule is CCOc1cc(C(=O)N[C@@H](CO)C(=O)O)ccc1OC. The minimum Gasteiger partial charge on any atom is -0.493 e. The van der Waals surface area contributed by atoms with Crippen molar-refractivity contribution in [1.82, 2.24) is 5.32 Å². The monoisotopic (exact) mass is 283 g/mol. The first-order valence-electron chi connectivity index (χ1n) is 5.98. The first-order chi connectivity index (χ1) is 9.53. The largest absolute Gasteiger partial charge is 0.493 e. The summed E-state index contributed by atoms with van der Waals surface area (Å²) < 4.78 is 10.4. The maximum atomic E-state index is 11.9. The number of amides is 1. The molecule has 1 rings (SSSR count). The number of methoxy groups -OCH3 is 1. The normalized spacial score (nSPS) is 11.6. The number of nitrogens with one attached hydrogen (secondary N) is 1. The average molecular weight is 283 g/mol. The van der Waals surface area contributed by atoms with Crippen molar-refractivity contribution < 1.29 is 29.3 Å². The van der Waals surface area contributed by atoms with E-state index in [0.29, 0.717) is 18.1 Å². The van der Waals surface area contributed by atoms with Crippen molar-refractivity contribution in [3.63, 3.8) is 0 Å². The fourth-order valence-electron chi connectivity index (χ4n) is 1.51. The van der Waals surface area contributed by atoms with E-state index >= 15 is 0 Å². The van der Waals surface area contributed by atoms with Crippen molar-refractivity contribution in [2.75, 3.05) is 20.3 Å². The molecule has 0 aliphatic rings. The number of hydrogen-bond acceptors (Lipinski definition) is 5. The third-order valence-electron chi connectivity index (χ3n) is 2.51. The molecular weight excluding hydrogens is 266 g/mol. The summed E-state index contributed by atoms with van der Waals surface area (Å²) in [7, 11) is 1.48. The maximum Gasteiger partial charge on any atom is 0.328 e. The number of carbonyl (C=O) groups excluding carboxylic acids is 1. The van der Waals surface area contributed by atoms with Crippen molar-refractivity contribution in [2.24, 2.45) is 0 Å². The number of aliphatic carboxylic acids is 1. The highest BCUT2D eigenvalue weighted by atomic mass is 16.5. The third kappa shape index (κ3) is 3.86. The lowest BCUT2D eigenvalue weighted by Gasteiger charge is -2.13. The number of benzene rings is 1. The van der Waals surface area contributed by atoms with Gasteiger partial charge in [-0.15, -0.1) is 0 Å². The van der Waals surface area contributed by atoms with E-state index in [1.54, 1.807) is 13.0 Å². The highest BCUT2D eigenvalue weighted by molar-refractivity contribution is 5.97. The van der Waals surface area contributed by atoms with Gasteiger partial charge in [0.05, 0.1) is 20.3 Å². The Kier molecular flexibility index (Phi) is 5.79. The molecule has 110 valence electrons. The first-order valence-corrected chi connectivity index (χ1v) is 5.98. The highest BCUT2D eigenvalue weighted by Crippen LogP contribution is 2.28. The number of aliphatic hydroxyl groups is 1. The fourth-order valence-corrected chi connectivity index (χ4v) is 1.51. The molecule has 0 spiro atoms. The van der Waals surface area contributed by atoms with Crippen LogP contribution in [0.2, 0.25) is 0 Å². The molecule has 0 aliphatic heterocycles. The number of hydrogen-bond donors (Lipinski definition) is 3. The standard InChI is InChI=1S/C13H17NO6/c1-3-20-11-6-8(4-5-10(11)19-2)12(16)14-9(7-15)13(17)18/h4-6,9,15H,3,7H2,1-2H3,(H,14,16)(H,17,18)/t9-/m0/s1. The van der Waals surface area contributed by atoms with Gasteiger partial charge in [-0.25, -0.2) is 4.79 Å². The van der Waals surface area contributed by atoms with E-state index < -0.39 is 24.5 Å². The van der Waals surface area contributed by atoms with E-state index in [1.165, 1.54) is 19.2 Å². The Labute approximate surface area is 116 Å². The maximum absolute atomic E-state index is 11.9. The molecule has 0 aromatic heterocycles. The molecule has 20 heavy (non-hydrogen) atoms. The van der Waals surface area contributed by atoms with Crippen LogP contribution in [0.1, 0.15) is 17.3 Å². The van der Waals surface area contributed by atoms with E-state index in [4.69, 9.17) is 19.7 Å². The Bertz CT molecular complexity index is 488. The summed E-state index contributed by atoms with van der Waals surface area (Å²) in [6, 6.07) is 3.13. The second kappa shape index (κ2) is 7.34. The number of carboxylic acid groups (broad SMARTS) is 1. The van der Waals surface area contributed by atoms with Crippen LogP contribution in [0.5, 0.6) is 11.5 Å². The van der Waals surface area contributed by atoms with Crippen LogP contribution < -0.4 is 14.8 Å². The Morgan fingerprint density at radius 1 is 1.35 bits per heavy atom. The summed E-state index contributed by atoms with van der Waals surface area (Å²) >= 11 is 0. The lowest BCUT2D eigenvalue weighted by Crippen LogP contribution is -2.43. The number of carbonyl (C=O) groups is 2. The lowest BCUT2D eigenvalue weighted by molar-refractivity contribution is -0.140. The average Bonchev–Trinajstić information content (AvgIpc) is 2.44. The van der Waals surface area contributed by atoms with Crippen LogP contribution in [0.25, 0.3) is 0 Å². The van der Waals surface area contributed by atoms with Crippen molar-refractivity contribution in [2.45, 2.75) is 13.0 Å². The van der Waals surface area contributed by atoms with Gasteiger partial charge in [0.25, 0.3) is 5.91 Å². The molecule has 0 aliphatic carbocycles. The molecule has 0 saturated heterocycles. The molecule has 1 atom stereocenters. The molecule has 0 saturated carbocycles. The summed E-state index contributed by atoms with van der Waals surface area (Å²) in [4.78, 5) is 22.6. The fraction of sp³-hybridized carbons (Fsp3) is 0.385. The van der Waals surface area contributed by atoms with Gasteiger partial charge >= 0.3 is 5.97 Å². The van der Waals surface area contributed by atoms with Crippen LogP contribution in [-0.2, 0) is 4.79 Å². The minimum atomic E-state index is -1.35. The van der Waals surface area contributed by atoms with Crippen LogP contribution in [-0.4, -0.2) is 48.5 Å². The van der Waals surface area contributed by atoms with Gasteiger partial charge in [-0.3, -0.25) is 4.79 Å². The molecule has 7 heteroatoms. The molecule has 1 amide bonds. The van der Waals surface area contributed by atoms with Crippen molar-refractivity contribution >= 4 is 11.9 Å². The van der Waals surface area contributed by atoms with Crippen LogP contribution in [0.15, 0.2) is 18.2 Å². The summed E-state index contributed by atoms with van der Waals surface area (Å²) in [5, 5.41) is 19.8. The second-order valence-electron chi connectivity index (χ2n) is 3.85. The Hall–Kier alpha value is -2.28. The van der Waals surface area contributed by atoms with Crippen molar-refractivity contribution in [3.8, 4) is 11.5 Å². The van der Waals surface area contributed by atoms with Gasteiger partial charge in [0.2, 0.25) is 0 Å². The molecule has 7 nitrogen and oxygen atoms in total. The Morgan fingerprint density at radius 3 is 2.55 bits per heavy atom. The van der Waals surface area contributed by atoms with Crippen molar-refractivity contribution in [1.29, 1.82) is 0 Å². The van der Waals surface area contributed by atoms with Gasteiger partial charge in [0.15, 0.2) is 17.5 Å². The molecule has 0 bridgehead atoms. The van der Waals surface area contributed by atoms with Gasteiger partial charge in [-0.2, -0.15) is 0 Å². The quantitative estimate of drug-likeness (QED) is 0.663. The van der Waals surface area contributed by atoms with Crippen LogP contribution in [0.4, 0.5) is 0 Å². The summed E-state index contributed by atoms with van der Waals surface area (Å²) in [5.41, 5.74) is 0.217. The first kappa shape index (κ1) is 15.8. The predicted molar refractivity (Wildman–Crippen MR) is 70.1 cm³/mol. The van der Waals surface area contributed by atoms with E-state index in [9.17, 15) is 9.59 Å². The van der Waals surface area contributed by atoms with Gasteiger partial charge in [-0.1, -0.05) is 0 Å². The number of carboxylic acids is 1. The number of aliphatic hydroxyl groups excluding tert-OH is 1. The van der Waals surface area contributed by atoms with Crippen LogP contribution >= 0.6 is 0 Å². The zero-order valence-corrected chi connectivity index (χ0v) is 11.3. The van der Waals surface area contributed by atoms with Gasteiger partial charge in [-0.05, 0) is 25.1 Å². The van der Waals surface area contributed by atoms with Gasteiger partial charge < -0.3 is 25.0 Å². The molecule has 3 N–H and O–H groups in total. The van der Waals surface area contributed by atoms with E-state index in [0.717, 1.165) is 0 Å². The van der Waals surface area contributed by atoms with Crippen LogP contribution in [0.3, 0.4) is 0 Å². The summed E-state index contributed by atoms with van der Waals surface area (Å²) in [5.74, 6) is -1.06. The van der Waals surface area contributed by atoms with E-state index in [1.807, 2.05) is 0 Å². The molecule has 0 fully saturated rings. The summed E-state index contributed by atoms with van der Waals surface area (Å²) in [6.07, 6.45) is 0. The smallest absolute Gasteiger partial charge is 0.328 e. The Morgan fingerprint density at radius 2 is 2.05 bits per heavy atom. The zero-order valence-electron chi connectivity index (χ0n) is 11.3. The van der Waals surface area contributed by atoms with Crippen molar-refractivity contribution in [3.05, 3.63) is 23.8 Å². The minimum absolute atomic E-state index is 0.217. The zero-order chi connectivity index (χ0) is 15.1. The molecular formula is C13H17NO6. The molecule has 0 heterocycles. The van der Waals surface area contributed by atoms with E-state index in [-0.39, 0.29) is 5.56 Å². The molecule has 0 radical (unpaired) electrons.